The van der Waals surface area contributed by atoms with Gasteiger partial charge in [-0.25, -0.2) is 9.37 Å². The maximum Gasteiger partial charge on any atom is 0.260 e. The summed E-state index contributed by atoms with van der Waals surface area (Å²) in [5.74, 6) is 0.0852. The molecule has 106 valence electrons. The molecule has 2 aromatic carbocycles. The summed E-state index contributed by atoms with van der Waals surface area (Å²) in [5.41, 5.74) is 1.30. The van der Waals surface area contributed by atoms with E-state index in [4.69, 9.17) is 16.3 Å². The van der Waals surface area contributed by atoms with Gasteiger partial charge in [-0.05, 0) is 23.8 Å². The van der Waals surface area contributed by atoms with Crippen LogP contribution in [-0.2, 0) is 0 Å². The quantitative estimate of drug-likeness (QED) is 0.789. The first kappa shape index (κ1) is 13.6. The lowest BCUT2D eigenvalue weighted by atomic mass is 10.0. The largest absolute Gasteiger partial charge is 0.494 e. The number of rotatable bonds is 2. The molecule has 0 atom stereocenters. The molecular weight excluding hydrogens is 295 g/mol. The fourth-order valence-electron chi connectivity index (χ4n) is 2.18. The van der Waals surface area contributed by atoms with Gasteiger partial charge in [-0.2, -0.15) is 0 Å². The summed E-state index contributed by atoms with van der Waals surface area (Å²) >= 11 is 6.34. The molecule has 0 aliphatic carbocycles. The second-order valence-corrected chi connectivity index (χ2v) is 4.78. The molecule has 0 fully saturated rings. The average Bonchev–Trinajstić information content (AvgIpc) is 2.49. The van der Waals surface area contributed by atoms with E-state index in [-0.39, 0.29) is 21.8 Å². The Kier molecular flexibility index (Phi) is 3.35. The third-order valence-electron chi connectivity index (χ3n) is 3.19. The van der Waals surface area contributed by atoms with Crippen molar-refractivity contribution in [1.29, 1.82) is 0 Å². The highest BCUT2D eigenvalue weighted by molar-refractivity contribution is 6.38. The van der Waals surface area contributed by atoms with E-state index in [1.54, 1.807) is 18.2 Å². The molecule has 21 heavy (non-hydrogen) atoms. The van der Waals surface area contributed by atoms with Crippen LogP contribution >= 0.6 is 11.6 Å². The summed E-state index contributed by atoms with van der Waals surface area (Å²) in [7, 11) is 1.49. The van der Waals surface area contributed by atoms with Gasteiger partial charge in [0.25, 0.3) is 5.56 Å². The Hall–Kier alpha value is -2.40. The molecular formula is C15H10ClFN2O2. The van der Waals surface area contributed by atoms with E-state index < -0.39 is 0 Å². The van der Waals surface area contributed by atoms with E-state index in [2.05, 4.69) is 9.97 Å². The third-order valence-corrected chi connectivity index (χ3v) is 3.59. The van der Waals surface area contributed by atoms with Crippen molar-refractivity contribution >= 4 is 22.5 Å². The number of fused-ring (bicyclic) bond motifs is 1. The summed E-state index contributed by atoms with van der Waals surface area (Å²) in [6.45, 7) is 0. The van der Waals surface area contributed by atoms with Crippen LogP contribution in [0.2, 0.25) is 5.02 Å². The van der Waals surface area contributed by atoms with Crippen LogP contribution in [0.25, 0.3) is 22.0 Å². The molecule has 0 spiro atoms. The van der Waals surface area contributed by atoms with Crippen molar-refractivity contribution in [3.8, 4) is 16.9 Å². The van der Waals surface area contributed by atoms with Gasteiger partial charge in [-0.15, -0.1) is 0 Å². The number of nitrogens with zero attached hydrogens (tertiary/aromatic N) is 1. The standard InChI is InChI=1S/C15H10ClFN2O2/c1-21-11-6-10(8-2-4-9(17)5-3-8)13(16)12-14(11)18-7-19-15(12)20/h2-7H,1H3,(H,18,19,20). The number of aromatic amines is 1. The number of nitrogens with one attached hydrogen (secondary N) is 1. The molecule has 0 saturated heterocycles. The van der Waals surface area contributed by atoms with Crippen molar-refractivity contribution in [3.63, 3.8) is 0 Å². The number of halogens is 2. The summed E-state index contributed by atoms with van der Waals surface area (Å²) < 4.78 is 18.3. The van der Waals surface area contributed by atoms with Gasteiger partial charge in [-0.3, -0.25) is 4.79 Å². The summed E-state index contributed by atoms with van der Waals surface area (Å²) in [5, 5.41) is 0.504. The Labute approximate surface area is 124 Å². The van der Waals surface area contributed by atoms with Crippen LogP contribution < -0.4 is 10.3 Å². The van der Waals surface area contributed by atoms with Crippen LogP contribution in [0.1, 0.15) is 0 Å². The predicted octanol–water partition coefficient (Wildman–Crippen LogP) is 3.39. The lowest BCUT2D eigenvalue weighted by Gasteiger charge is -2.11. The Morgan fingerprint density at radius 2 is 2.00 bits per heavy atom. The lowest BCUT2D eigenvalue weighted by molar-refractivity contribution is 0.419. The van der Waals surface area contributed by atoms with Gasteiger partial charge in [0.1, 0.15) is 17.1 Å². The predicted molar refractivity (Wildman–Crippen MR) is 79.3 cm³/mol. The Morgan fingerprint density at radius 3 is 2.67 bits per heavy atom. The van der Waals surface area contributed by atoms with Crippen LogP contribution in [0.15, 0.2) is 41.5 Å². The molecule has 6 heteroatoms. The molecule has 3 aromatic rings. The summed E-state index contributed by atoms with van der Waals surface area (Å²) in [6, 6.07) is 7.52. The first-order valence-corrected chi connectivity index (χ1v) is 6.49. The molecule has 1 N–H and O–H groups in total. The highest BCUT2D eigenvalue weighted by Gasteiger charge is 2.16. The number of H-pyrrole nitrogens is 1. The number of benzene rings is 2. The molecule has 3 rings (SSSR count). The Bertz CT molecular complexity index is 875. The zero-order valence-corrected chi connectivity index (χ0v) is 11.7. The molecule has 0 aliphatic rings. The molecule has 1 heterocycles. The Morgan fingerprint density at radius 1 is 1.29 bits per heavy atom. The lowest BCUT2D eigenvalue weighted by Crippen LogP contribution is -2.08. The van der Waals surface area contributed by atoms with Crippen molar-refractivity contribution in [2.75, 3.05) is 7.11 Å². The van der Waals surface area contributed by atoms with Gasteiger partial charge in [0.15, 0.2) is 0 Å². The first-order chi connectivity index (χ1) is 10.1. The van der Waals surface area contributed by atoms with Crippen LogP contribution in [0.5, 0.6) is 5.75 Å². The van der Waals surface area contributed by atoms with Gasteiger partial charge in [0.2, 0.25) is 0 Å². The molecule has 0 bridgehead atoms. The highest BCUT2D eigenvalue weighted by Crippen LogP contribution is 2.37. The minimum atomic E-state index is -0.354. The fraction of sp³-hybridized carbons (Fsp3) is 0.0667. The van der Waals surface area contributed by atoms with Crippen molar-refractivity contribution in [3.05, 3.63) is 57.9 Å². The van der Waals surface area contributed by atoms with Crippen molar-refractivity contribution in [2.45, 2.75) is 0 Å². The van der Waals surface area contributed by atoms with E-state index in [0.29, 0.717) is 22.4 Å². The normalized spacial score (nSPS) is 10.8. The average molecular weight is 305 g/mol. The second-order valence-electron chi connectivity index (χ2n) is 4.40. The van der Waals surface area contributed by atoms with Gasteiger partial charge in [-0.1, -0.05) is 23.7 Å². The number of methoxy groups -OCH3 is 1. The van der Waals surface area contributed by atoms with Crippen LogP contribution in [0.3, 0.4) is 0 Å². The van der Waals surface area contributed by atoms with Crippen molar-refractivity contribution in [2.24, 2.45) is 0 Å². The maximum absolute atomic E-state index is 13.0. The molecule has 0 unspecified atom stereocenters. The molecule has 0 radical (unpaired) electrons. The topological polar surface area (TPSA) is 55.0 Å². The minimum Gasteiger partial charge on any atom is -0.494 e. The zero-order valence-electron chi connectivity index (χ0n) is 11.0. The Balaban J connectivity index is 2.39. The van der Waals surface area contributed by atoms with E-state index in [1.165, 1.54) is 25.6 Å². The number of aromatic nitrogens is 2. The highest BCUT2D eigenvalue weighted by atomic mass is 35.5. The smallest absolute Gasteiger partial charge is 0.260 e. The second kappa shape index (κ2) is 5.18. The van der Waals surface area contributed by atoms with E-state index in [1.807, 2.05) is 0 Å². The minimum absolute atomic E-state index is 0.248. The monoisotopic (exact) mass is 304 g/mol. The van der Waals surface area contributed by atoms with E-state index >= 15 is 0 Å². The van der Waals surface area contributed by atoms with Crippen molar-refractivity contribution < 1.29 is 9.13 Å². The van der Waals surface area contributed by atoms with Gasteiger partial charge >= 0.3 is 0 Å². The summed E-state index contributed by atoms with van der Waals surface area (Å²) in [4.78, 5) is 18.6. The third kappa shape index (κ3) is 2.25. The number of hydrogen-bond donors (Lipinski definition) is 1. The van der Waals surface area contributed by atoms with Gasteiger partial charge < -0.3 is 9.72 Å². The van der Waals surface area contributed by atoms with Crippen LogP contribution in [0.4, 0.5) is 4.39 Å². The zero-order chi connectivity index (χ0) is 15.0. The number of hydrogen-bond acceptors (Lipinski definition) is 3. The van der Waals surface area contributed by atoms with E-state index in [9.17, 15) is 9.18 Å². The maximum atomic E-state index is 13.0. The molecule has 0 amide bonds. The van der Waals surface area contributed by atoms with Gasteiger partial charge in [0.05, 0.1) is 23.8 Å². The first-order valence-electron chi connectivity index (χ1n) is 6.11. The molecule has 0 aliphatic heterocycles. The van der Waals surface area contributed by atoms with Crippen LogP contribution in [-0.4, -0.2) is 17.1 Å². The fourth-order valence-corrected chi connectivity index (χ4v) is 2.52. The van der Waals surface area contributed by atoms with Gasteiger partial charge in [0, 0.05) is 5.56 Å². The molecule has 4 nitrogen and oxygen atoms in total. The summed E-state index contributed by atoms with van der Waals surface area (Å²) in [6.07, 6.45) is 1.29. The molecule has 1 aromatic heterocycles. The van der Waals surface area contributed by atoms with E-state index in [0.717, 1.165) is 0 Å². The molecule has 0 saturated carbocycles. The van der Waals surface area contributed by atoms with Crippen LogP contribution in [0, 0.1) is 5.82 Å². The SMILES string of the molecule is COc1cc(-c2ccc(F)cc2)c(Cl)c2c(=O)[nH]cnc12. The number of ether oxygens (including phenoxy) is 1. The van der Waals surface area contributed by atoms with Crippen molar-refractivity contribution in [1.82, 2.24) is 9.97 Å².